The number of nitrogens with one attached hydrogen (secondary N) is 1. The van der Waals surface area contributed by atoms with Crippen molar-refractivity contribution < 1.29 is 14.0 Å². The Morgan fingerprint density at radius 2 is 1.97 bits per heavy atom. The monoisotopic (exact) mass is 425 g/mol. The minimum Gasteiger partial charge on any atom is -0.351 e. The standard InChI is InChI=1S/C23H24FN3O2S/c1-23(22(29)25-18-4-2-3-5-18)14-26-19(12-16-10-11-30-21(16)26)20(28)27(23)13-15-6-8-17(24)9-7-15/h6-12,18H,2-5,13-14H2,1H3,(H,25,29)/t23-/m0/s1. The molecule has 5 rings (SSSR count). The van der Waals surface area contributed by atoms with E-state index in [2.05, 4.69) is 5.32 Å². The van der Waals surface area contributed by atoms with E-state index in [4.69, 9.17) is 0 Å². The minimum absolute atomic E-state index is 0.117. The first-order chi connectivity index (χ1) is 14.5. The average molecular weight is 426 g/mol. The molecule has 7 heteroatoms. The number of carbonyl (C=O) groups excluding carboxylic acids is 2. The summed E-state index contributed by atoms with van der Waals surface area (Å²) in [6.45, 7) is 2.51. The normalized spacial score (nSPS) is 21.9. The number of aromatic nitrogens is 1. The average Bonchev–Trinajstić information content (AvgIpc) is 3.45. The van der Waals surface area contributed by atoms with Crippen LogP contribution in [0.4, 0.5) is 4.39 Å². The Hall–Kier alpha value is -2.67. The van der Waals surface area contributed by atoms with Crippen LogP contribution in [0.25, 0.3) is 10.2 Å². The summed E-state index contributed by atoms with van der Waals surface area (Å²) < 4.78 is 15.4. The van der Waals surface area contributed by atoms with Gasteiger partial charge in [-0.3, -0.25) is 9.59 Å². The minimum atomic E-state index is -1.03. The molecule has 0 spiro atoms. The number of hydrogen-bond acceptors (Lipinski definition) is 3. The zero-order chi connectivity index (χ0) is 20.9. The first kappa shape index (κ1) is 19.3. The van der Waals surface area contributed by atoms with Gasteiger partial charge in [0.05, 0.1) is 6.54 Å². The van der Waals surface area contributed by atoms with Crippen LogP contribution in [0, 0.1) is 5.82 Å². The number of halogens is 1. The lowest BCUT2D eigenvalue weighted by atomic mass is 9.93. The molecule has 1 fully saturated rings. The van der Waals surface area contributed by atoms with Crippen molar-refractivity contribution in [3.05, 3.63) is 58.9 Å². The second kappa shape index (κ2) is 7.23. The Bertz CT molecular complexity index is 1110. The van der Waals surface area contributed by atoms with Crippen molar-refractivity contribution in [3.63, 3.8) is 0 Å². The van der Waals surface area contributed by atoms with Gasteiger partial charge in [0.1, 0.15) is 21.9 Å². The smallest absolute Gasteiger partial charge is 0.271 e. The van der Waals surface area contributed by atoms with E-state index < -0.39 is 5.54 Å². The maximum atomic E-state index is 13.6. The summed E-state index contributed by atoms with van der Waals surface area (Å²) in [6, 6.07) is 10.2. The highest BCUT2D eigenvalue weighted by atomic mass is 32.1. The van der Waals surface area contributed by atoms with Crippen molar-refractivity contribution in [3.8, 4) is 0 Å². The third kappa shape index (κ3) is 3.12. The molecule has 0 unspecified atom stereocenters. The number of rotatable bonds is 4. The van der Waals surface area contributed by atoms with Gasteiger partial charge in [-0.25, -0.2) is 4.39 Å². The second-order valence-electron chi connectivity index (χ2n) is 8.54. The van der Waals surface area contributed by atoms with Crippen LogP contribution in [0.15, 0.2) is 41.8 Å². The molecular formula is C23H24FN3O2S. The van der Waals surface area contributed by atoms with Crippen molar-refractivity contribution in [2.45, 2.75) is 57.3 Å². The summed E-state index contributed by atoms with van der Waals surface area (Å²) in [5, 5.41) is 6.22. The summed E-state index contributed by atoms with van der Waals surface area (Å²) in [5.74, 6) is -0.605. The summed E-state index contributed by atoms with van der Waals surface area (Å²) in [6.07, 6.45) is 4.21. The van der Waals surface area contributed by atoms with Gasteiger partial charge in [0.15, 0.2) is 0 Å². The van der Waals surface area contributed by atoms with E-state index >= 15 is 0 Å². The first-order valence-electron chi connectivity index (χ1n) is 10.4. The van der Waals surface area contributed by atoms with Gasteiger partial charge in [-0.2, -0.15) is 0 Å². The molecule has 2 aliphatic rings. The second-order valence-corrected chi connectivity index (χ2v) is 9.44. The third-order valence-corrected chi connectivity index (χ3v) is 7.41. The molecule has 1 aromatic carbocycles. The molecular weight excluding hydrogens is 401 g/mol. The zero-order valence-electron chi connectivity index (χ0n) is 16.9. The van der Waals surface area contributed by atoms with Gasteiger partial charge in [0.25, 0.3) is 5.91 Å². The van der Waals surface area contributed by atoms with Crippen molar-refractivity contribution >= 4 is 33.4 Å². The fourth-order valence-corrected chi connectivity index (χ4v) is 5.59. The maximum Gasteiger partial charge on any atom is 0.271 e. The van der Waals surface area contributed by atoms with E-state index in [-0.39, 0.29) is 30.2 Å². The Balaban J connectivity index is 1.54. The van der Waals surface area contributed by atoms with Gasteiger partial charge in [-0.05, 0) is 55.0 Å². The van der Waals surface area contributed by atoms with Crippen molar-refractivity contribution in [2.75, 3.05) is 0 Å². The van der Waals surface area contributed by atoms with Crippen LogP contribution in [0.5, 0.6) is 0 Å². The highest BCUT2D eigenvalue weighted by molar-refractivity contribution is 7.16. The molecule has 30 heavy (non-hydrogen) atoms. The van der Waals surface area contributed by atoms with E-state index in [9.17, 15) is 14.0 Å². The Morgan fingerprint density at radius 3 is 2.70 bits per heavy atom. The quantitative estimate of drug-likeness (QED) is 0.677. The van der Waals surface area contributed by atoms with Crippen LogP contribution in [0.2, 0.25) is 0 Å². The Labute approximate surface area is 178 Å². The molecule has 0 radical (unpaired) electrons. The number of thiophene rings is 1. The van der Waals surface area contributed by atoms with Crippen LogP contribution in [0.1, 0.15) is 48.7 Å². The Morgan fingerprint density at radius 1 is 1.23 bits per heavy atom. The molecule has 2 amide bonds. The van der Waals surface area contributed by atoms with Crippen LogP contribution >= 0.6 is 11.3 Å². The van der Waals surface area contributed by atoms with E-state index in [1.807, 2.05) is 29.0 Å². The topological polar surface area (TPSA) is 54.3 Å². The first-order valence-corrected chi connectivity index (χ1v) is 11.3. The third-order valence-electron chi connectivity index (χ3n) is 6.46. The molecule has 1 atom stereocenters. The number of fused-ring (bicyclic) bond motifs is 3. The lowest BCUT2D eigenvalue weighted by molar-refractivity contribution is -0.133. The molecule has 3 heterocycles. The van der Waals surface area contributed by atoms with Gasteiger partial charge >= 0.3 is 0 Å². The molecule has 0 bridgehead atoms. The molecule has 1 aliphatic heterocycles. The van der Waals surface area contributed by atoms with Crippen LogP contribution in [0.3, 0.4) is 0 Å². The lowest BCUT2D eigenvalue weighted by Gasteiger charge is -2.44. The molecule has 1 N–H and O–H groups in total. The summed E-state index contributed by atoms with van der Waals surface area (Å²) >= 11 is 1.58. The lowest BCUT2D eigenvalue weighted by Crippen LogP contribution is -2.64. The maximum absolute atomic E-state index is 13.6. The van der Waals surface area contributed by atoms with E-state index in [0.29, 0.717) is 12.2 Å². The van der Waals surface area contributed by atoms with E-state index in [1.165, 1.54) is 12.1 Å². The number of carbonyl (C=O) groups is 2. The number of benzene rings is 1. The van der Waals surface area contributed by atoms with Gasteiger partial charge in [-0.15, -0.1) is 11.3 Å². The largest absolute Gasteiger partial charge is 0.351 e. The molecule has 0 saturated heterocycles. The predicted octanol–water partition coefficient (Wildman–Crippen LogP) is 4.32. The van der Waals surface area contributed by atoms with Crippen LogP contribution in [-0.2, 0) is 17.9 Å². The number of hydrogen-bond donors (Lipinski definition) is 1. The molecule has 156 valence electrons. The Kier molecular flexibility index (Phi) is 4.65. The molecule has 3 aromatic rings. The van der Waals surface area contributed by atoms with Crippen LogP contribution in [-0.4, -0.2) is 32.9 Å². The van der Waals surface area contributed by atoms with Crippen molar-refractivity contribution in [2.24, 2.45) is 0 Å². The fraction of sp³-hybridized carbons (Fsp3) is 0.391. The molecule has 1 saturated carbocycles. The van der Waals surface area contributed by atoms with E-state index in [0.717, 1.165) is 41.5 Å². The van der Waals surface area contributed by atoms with Crippen molar-refractivity contribution in [1.82, 2.24) is 14.8 Å². The number of amides is 2. The molecule has 5 nitrogen and oxygen atoms in total. The summed E-state index contributed by atoms with van der Waals surface area (Å²) in [7, 11) is 0. The predicted molar refractivity (Wildman–Crippen MR) is 115 cm³/mol. The highest BCUT2D eigenvalue weighted by Crippen LogP contribution is 2.35. The van der Waals surface area contributed by atoms with Gasteiger partial charge in [0, 0.05) is 18.0 Å². The SMILES string of the molecule is C[C@@]1(C(=O)NC2CCCC2)Cn2c(cc3ccsc32)C(=O)N1Cc1ccc(F)cc1. The summed E-state index contributed by atoms with van der Waals surface area (Å²) in [4.78, 5) is 29.7. The van der Waals surface area contributed by atoms with Gasteiger partial charge in [-0.1, -0.05) is 25.0 Å². The van der Waals surface area contributed by atoms with Crippen molar-refractivity contribution in [1.29, 1.82) is 0 Å². The van der Waals surface area contributed by atoms with Crippen LogP contribution < -0.4 is 5.32 Å². The highest BCUT2D eigenvalue weighted by Gasteiger charge is 2.48. The number of nitrogens with zero attached hydrogens (tertiary/aromatic N) is 2. The zero-order valence-corrected chi connectivity index (χ0v) is 17.7. The molecule has 1 aliphatic carbocycles. The van der Waals surface area contributed by atoms with Gasteiger partial charge < -0.3 is 14.8 Å². The fourth-order valence-electron chi connectivity index (χ4n) is 4.69. The summed E-state index contributed by atoms with van der Waals surface area (Å²) in [5.41, 5.74) is 0.369. The van der Waals surface area contributed by atoms with E-state index in [1.54, 1.807) is 28.4 Å². The van der Waals surface area contributed by atoms with Gasteiger partial charge in [0.2, 0.25) is 5.91 Å². The molecule has 2 aromatic heterocycles.